The lowest BCUT2D eigenvalue weighted by molar-refractivity contribution is -0.126. The van der Waals surface area contributed by atoms with Gasteiger partial charge in [0.25, 0.3) is 0 Å². The maximum Gasteiger partial charge on any atom is 0.246 e. The number of halogens is 1. The number of amides is 1. The van der Waals surface area contributed by atoms with E-state index in [0.717, 1.165) is 41.9 Å². The zero-order valence-electron chi connectivity index (χ0n) is 23.1. The molecular weight excluding hydrogens is 495 g/mol. The first-order valence-electron chi connectivity index (χ1n) is 13.8. The molecule has 0 saturated carbocycles. The number of aryl methyl sites for hydroxylation is 1. The van der Waals surface area contributed by atoms with Crippen molar-refractivity contribution >= 4 is 17.3 Å². The first kappa shape index (κ1) is 26.9. The minimum Gasteiger partial charge on any atom is -0.475 e. The number of anilines is 2. The Morgan fingerprint density at radius 1 is 1.28 bits per heavy atom. The van der Waals surface area contributed by atoms with E-state index in [1.54, 1.807) is 11.0 Å². The predicted octanol–water partition coefficient (Wildman–Crippen LogP) is 3.66. The van der Waals surface area contributed by atoms with Crippen LogP contribution in [0.1, 0.15) is 42.1 Å². The number of carbonyl (C=O) groups is 1. The maximum atomic E-state index is 14.9. The molecule has 0 bridgehead atoms. The molecule has 0 aliphatic carbocycles. The van der Waals surface area contributed by atoms with Gasteiger partial charge in [-0.05, 0) is 64.4 Å². The number of aromatic nitrogens is 1. The SMILES string of the molecule is C=CC(=O)N1CCN(c2c(C#N)c(OCC3CCCN3C)nc3c2CCN(c2c(C)cccc2F)C3)C(C)C1. The van der Waals surface area contributed by atoms with Crippen LogP contribution in [0, 0.1) is 24.1 Å². The van der Waals surface area contributed by atoms with E-state index in [1.807, 2.05) is 17.9 Å². The van der Waals surface area contributed by atoms with E-state index >= 15 is 0 Å². The third-order valence-corrected chi connectivity index (χ3v) is 8.40. The Labute approximate surface area is 230 Å². The Bertz CT molecular complexity index is 1290. The van der Waals surface area contributed by atoms with Gasteiger partial charge < -0.3 is 24.3 Å². The molecule has 4 heterocycles. The molecule has 2 atom stereocenters. The molecule has 1 aromatic heterocycles. The van der Waals surface area contributed by atoms with Gasteiger partial charge in [0.1, 0.15) is 24.1 Å². The third-order valence-electron chi connectivity index (χ3n) is 8.40. The molecule has 3 aliphatic heterocycles. The number of ether oxygens (including phenoxy) is 1. The highest BCUT2D eigenvalue weighted by Gasteiger charge is 2.34. The van der Waals surface area contributed by atoms with E-state index in [-0.39, 0.29) is 23.8 Å². The van der Waals surface area contributed by atoms with Crippen molar-refractivity contribution in [1.82, 2.24) is 14.8 Å². The van der Waals surface area contributed by atoms with Crippen molar-refractivity contribution in [2.24, 2.45) is 0 Å². The molecule has 2 fully saturated rings. The van der Waals surface area contributed by atoms with Crippen LogP contribution in [0.15, 0.2) is 30.9 Å². The summed E-state index contributed by atoms with van der Waals surface area (Å²) >= 11 is 0. The van der Waals surface area contributed by atoms with Crippen LogP contribution in [0.3, 0.4) is 0 Å². The van der Waals surface area contributed by atoms with E-state index in [1.165, 1.54) is 12.1 Å². The van der Waals surface area contributed by atoms with Gasteiger partial charge in [-0.2, -0.15) is 5.26 Å². The molecule has 0 N–H and O–H groups in total. The Morgan fingerprint density at radius 2 is 2.10 bits per heavy atom. The molecular formula is C30H37FN6O2. The lowest BCUT2D eigenvalue weighted by atomic mass is 9.96. The van der Waals surface area contributed by atoms with Crippen LogP contribution in [0.2, 0.25) is 0 Å². The normalized spacial score (nSPS) is 21.5. The van der Waals surface area contributed by atoms with Gasteiger partial charge in [-0.25, -0.2) is 9.37 Å². The molecule has 39 heavy (non-hydrogen) atoms. The van der Waals surface area contributed by atoms with Crippen molar-refractivity contribution in [3.05, 3.63) is 59.1 Å². The molecule has 0 radical (unpaired) electrons. The number of fused-ring (bicyclic) bond motifs is 1. The van der Waals surface area contributed by atoms with Crippen LogP contribution in [-0.2, 0) is 17.8 Å². The van der Waals surface area contributed by atoms with E-state index < -0.39 is 0 Å². The monoisotopic (exact) mass is 532 g/mol. The van der Waals surface area contributed by atoms with Gasteiger partial charge in [0.2, 0.25) is 11.8 Å². The van der Waals surface area contributed by atoms with Crippen LogP contribution in [0.5, 0.6) is 5.88 Å². The number of benzene rings is 1. The first-order chi connectivity index (χ1) is 18.8. The number of hydrogen-bond acceptors (Lipinski definition) is 7. The summed E-state index contributed by atoms with van der Waals surface area (Å²) in [4.78, 5) is 25.5. The Morgan fingerprint density at radius 3 is 2.77 bits per heavy atom. The quantitative estimate of drug-likeness (QED) is 0.526. The summed E-state index contributed by atoms with van der Waals surface area (Å²) in [5.41, 5.74) is 4.59. The number of hydrogen-bond donors (Lipinski definition) is 0. The van der Waals surface area contributed by atoms with Crippen molar-refractivity contribution in [3.63, 3.8) is 0 Å². The maximum absolute atomic E-state index is 14.9. The zero-order valence-corrected chi connectivity index (χ0v) is 23.1. The topological polar surface area (TPSA) is 75.9 Å². The number of rotatable bonds is 6. The lowest BCUT2D eigenvalue weighted by Gasteiger charge is -2.43. The summed E-state index contributed by atoms with van der Waals surface area (Å²) in [6.45, 7) is 11.8. The molecule has 0 spiro atoms. The highest BCUT2D eigenvalue weighted by Crippen LogP contribution is 2.39. The summed E-state index contributed by atoms with van der Waals surface area (Å²) < 4.78 is 21.2. The lowest BCUT2D eigenvalue weighted by Crippen LogP contribution is -2.54. The van der Waals surface area contributed by atoms with Gasteiger partial charge in [0, 0.05) is 43.8 Å². The Kier molecular flexibility index (Phi) is 7.76. The summed E-state index contributed by atoms with van der Waals surface area (Å²) in [6.07, 6.45) is 4.15. The minimum atomic E-state index is -0.246. The highest BCUT2D eigenvalue weighted by molar-refractivity contribution is 5.87. The average Bonchev–Trinajstić information content (AvgIpc) is 3.34. The molecule has 2 unspecified atom stereocenters. The molecule has 5 rings (SSSR count). The van der Waals surface area contributed by atoms with Gasteiger partial charge >= 0.3 is 0 Å². The van der Waals surface area contributed by atoms with E-state index in [9.17, 15) is 14.4 Å². The standard InChI is InChI=1S/C30H37FN6O2/c1-5-27(38)35-14-15-37(21(3)17-35)29-23-11-13-36(28-20(2)8-6-10-25(28)31)18-26(23)33-30(24(29)16-32)39-19-22-9-7-12-34(22)4/h5-6,8,10,21-22H,1,7,9,11-15,17-19H2,2-4H3. The number of likely N-dealkylation sites (tertiary alicyclic amines) is 1. The van der Waals surface area contributed by atoms with E-state index in [2.05, 4.69) is 36.4 Å². The highest BCUT2D eigenvalue weighted by atomic mass is 19.1. The van der Waals surface area contributed by atoms with Crippen molar-refractivity contribution in [1.29, 1.82) is 5.26 Å². The van der Waals surface area contributed by atoms with Gasteiger partial charge in [-0.3, -0.25) is 4.79 Å². The second-order valence-electron chi connectivity index (χ2n) is 10.9. The molecule has 206 valence electrons. The van der Waals surface area contributed by atoms with Crippen molar-refractivity contribution in [3.8, 4) is 11.9 Å². The molecule has 1 amide bonds. The fraction of sp³-hybridized carbons (Fsp3) is 0.500. The van der Waals surface area contributed by atoms with Crippen molar-refractivity contribution in [2.75, 3.05) is 56.2 Å². The fourth-order valence-corrected chi connectivity index (χ4v) is 6.26. The molecule has 1 aromatic carbocycles. The van der Waals surface area contributed by atoms with Crippen LogP contribution in [0.4, 0.5) is 15.8 Å². The number of pyridine rings is 1. The molecule has 2 aromatic rings. The Hall–Kier alpha value is -3.64. The molecule has 3 aliphatic rings. The van der Waals surface area contributed by atoms with Gasteiger partial charge in [0.15, 0.2) is 0 Å². The van der Waals surface area contributed by atoms with E-state index in [4.69, 9.17) is 9.72 Å². The zero-order chi connectivity index (χ0) is 27.7. The smallest absolute Gasteiger partial charge is 0.246 e. The summed E-state index contributed by atoms with van der Waals surface area (Å²) in [5, 5.41) is 10.4. The van der Waals surface area contributed by atoms with Crippen LogP contribution < -0.4 is 14.5 Å². The molecule has 8 nitrogen and oxygen atoms in total. The van der Waals surface area contributed by atoms with Gasteiger partial charge in [-0.1, -0.05) is 18.7 Å². The average molecular weight is 533 g/mol. The fourth-order valence-electron chi connectivity index (χ4n) is 6.26. The van der Waals surface area contributed by atoms with Gasteiger partial charge in [-0.15, -0.1) is 0 Å². The molecule has 9 heteroatoms. The van der Waals surface area contributed by atoms with Crippen molar-refractivity contribution < 1.29 is 13.9 Å². The number of nitrogens with zero attached hydrogens (tertiary/aromatic N) is 6. The summed E-state index contributed by atoms with van der Waals surface area (Å²) in [6, 6.07) is 7.82. The van der Waals surface area contributed by atoms with E-state index in [0.29, 0.717) is 62.9 Å². The first-order valence-corrected chi connectivity index (χ1v) is 13.8. The predicted molar refractivity (Wildman–Crippen MR) is 150 cm³/mol. The van der Waals surface area contributed by atoms with Crippen LogP contribution in [-0.4, -0.2) is 79.2 Å². The number of nitriles is 1. The number of likely N-dealkylation sites (N-methyl/N-ethyl adjacent to an activating group) is 1. The second kappa shape index (κ2) is 11.2. The van der Waals surface area contributed by atoms with Crippen molar-refractivity contribution in [2.45, 2.75) is 51.7 Å². The number of carbonyl (C=O) groups excluding carboxylic acids is 1. The Balaban J connectivity index is 1.54. The van der Waals surface area contributed by atoms with Crippen LogP contribution >= 0.6 is 0 Å². The van der Waals surface area contributed by atoms with Gasteiger partial charge in [0.05, 0.1) is 23.6 Å². The second-order valence-corrected chi connectivity index (χ2v) is 10.9. The third kappa shape index (κ3) is 5.18. The minimum absolute atomic E-state index is 0.0121. The number of piperazine rings is 1. The number of para-hydroxylation sites is 1. The summed E-state index contributed by atoms with van der Waals surface area (Å²) in [5.74, 6) is 0.0134. The summed E-state index contributed by atoms with van der Waals surface area (Å²) in [7, 11) is 2.10. The molecule has 2 saturated heterocycles. The largest absolute Gasteiger partial charge is 0.475 e. The van der Waals surface area contributed by atoms with Crippen LogP contribution in [0.25, 0.3) is 0 Å².